The lowest BCUT2D eigenvalue weighted by atomic mass is 9.90. The first-order valence-electron chi connectivity index (χ1n) is 9.76. The summed E-state index contributed by atoms with van der Waals surface area (Å²) in [6, 6.07) is 10.5. The molecule has 2 aliphatic rings. The predicted molar refractivity (Wildman–Crippen MR) is 115 cm³/mol. The summed E-state index contributed by atoms with van der Waals surface area (Å²) >= 11 is 6.06. The fourth-order valence-corrected chi connectivity index (χ4v) is 4.44. The molecule has 1 N–H and O–H groups in total. The Morgan fingerprint density at radius 3 is 2.43 bits per heavy atom. The summed E-state index contributed by atoms with van der Waals surface area (Å²) in [4.78, 5) is 29.7. The molecule has 1 spiro atoms. The molecule has 7 nitrogen and oxygen atoms in total. The number of carbonyl (C=O) groups is 2. The van der Waals surface area contributed by atoms with Crippen LogP contribution in [0.5, 0.6) is 11.5 Å². The molecule has 0 bridgehead atoms. The second-order valence-electron chi connectivity index (χ2n) is 7.57. The molecule has 2 aliphatic heterocycles. The number of carbonyl (C=O) groups excluding carboxylic acids is 2. The molecule has 0 atom stereocenters. The lowest BCUT2D eigenvalue weighted by Gasteiger charge is -2.51. The Balaban J connectivity index is 1.52. The highest BCUT2D eigenvalue weighted by atomic mass is 35.5. The molecule has 1 fully saturated rings. The van der Waals surface area contributed by atoms with Crippen molar-refractivity contribution in [3.8, 4) is 11.5 Å². The average Bonchev–Trinajstić information content (AvgIpc) is 2.77. The van der Waals surface area contributed by atoms with Crippen molar-refractivity contribution in [1.82, 2.24) is 10.2 Å². The third-order valence-electron chi connectivity index (χ3n) is 6.06. The smallest absolute Gasteiger partial charge is 0.255 e. The first kappa shape index (κ1) is 20.3. The summed E-state index contributed by atoms with van der Waals surface area (Å²) in [5.74, 6) is 0.899. The molecule has 0 saturated carbocycles. The average molecular weight is 430 g/mol. The predicted octanol–water partition coefficient (Wildman–Crippen LogP) is 3.17. The quantitative estimate of drug-likeness (QED) is 0.811. The Kier molecular flexibility index (Phi) is 5.24. The Bertz CT molecular complexity index is 1000. The minimum Gasteiger partial charge on any atom is -0.493 e. The largest absolute Gasteiger partial charge is 0.493 e. The summed E-state index contributed by atoms with van der Waals surface area (Å²) in [5, 5.41) is 3.68. The van der Waals surface area contributed by atoms with Crippen molar-refractivity contribution in [3.63, 3.8) is 0 Å². The zero-order chi connectivity index (χ0) is 21.5. The number of nitrogens with one attached hydrogen (secondary N) is 1. The number of hydrogen-bond donors (Lipinski definition) is 1. The van der Waals surface area contributed by atoms with Crippen LogP contribution in [0.3, 0.4) is 0 Å². The summed E-state index contributed by atoms with van der Waals surface area (Å²) < 4.78 is 10.6. The van der Waals surface area contributed by atoms with Crippen LogP contribution in [-0.2, 0) is 0 Å². The van der Waals surface area contributed by atoms with Crippen molar-refractivity contribution in [3.05, 3.63) is 52.5 Å². The first-order chi connectivity index (χ1) is 14.4. The monoisotopic (exact) mass is 429 g/mol. The van der Waals surface area contributed by atoms with Gasteiger partial charge in [0.25, 0.3) is 11.8 Å². The number of piperidine rings is 1. The van der Waals surface area contributed by atoms with Crippen molar-refractivity contribution in [2.45, 2.75) is 18.5 Å². The van der Waals surface area contributed by atoms with Gasteiger partial charge in [-0.3, -0.25) is 9.59 Å². The molecule has 0 radical (unpaired) electrons. The molecule has 2 heterocycles. The van der Waals surface area contributed by atoms with E-state index in [4.69, 9.17) is 21.1 Å². The Hall–Kier alpha value is -2.93. The summed E-state index contributed by atoms with van der Waals surface area (Å²) in [6.45, 7) is 1.06. The molecular formula is C22H24ClN3O4. The van der Waals surface area contributed by atoms with Gasteiger partial charge < -0.3 is 24.6 Å². The maximum atomic E-state index is 13.0. The van der Waals surface area contributed by atoms with E-state index in [2.05, 4.69) is 10.2 Å². The molecular weight excluding hydrogens is 406 g/mol. The van der Waals surface area contributed by atoms with Crippen LogP contribution in [-0.4, -0.2) is 56.7 Å². The van der Waals surface area contributed by atoms with Crippen molar-refractivity contribution in [2.75, 3.05) is 39.3 Å². The van der Waals surface area contributed by atoms with Crippen molar-refractivity contribution in [2.24, 2.45) is 0 Å². The van der Waals surface area contributed by atoms with E-state index in [9.17, 15) is 9.59 Å². The molecule has 0 aromatic heterocycles. The summed E-state index contributed by atoms with van der Waals surface area (Å²) in [5.41, 5.74) is 1.44. The third kappa shape index (κ3) is 3.33. The lowest BCUT2D eigenvalue weighted by molar-refractivity contribution is 0.0609. The van der Waals surface area contributed by atoms with E-state index >= 15 is 0 Å². The van der Waals surface area contributed by atoms with Crippen LogP contribution in [0.15, 0.2) is 36.4 Å². The molecule has 8 heteroatoms. The van der Waals surface area contributed by atoms with Crippen LogP contribution in [0.2, 0.25) is 5.02 Å². The maximum Gasteiger partial charge on any atom is 0.255 e. The van der Waals surface area contributed by atoms with E-state index in [-0.39, 0.29) is 11.8 Å². The van der Waals surface area contributed by atoms with E-state index in [1.807, 2.05) is 18.0 Å². The molecule has 0 aliphatic carbocycles. The molecule has 1 saturated heterocycles. The highest BCUT2D eigenvalue weighted by molar-refractivity contribution is 6.31. The van der Waals surface area contributed by atoms with Crippen molar-refractivity contribution in [1.29, 1.82) is 0 Å². The topological polar surface area (TPSA) is 71.1 Å². The van der Waals surface area contributed by atoms with Gasteiger partial charge in [0.15, 0.2) is 11.5 Å². The normalized spacial score (nSPS) is 17.4. The molecule has 2 aromatic carbocycles. The van der Waals surface area contributed by atoms with Crippen LogP contribution in [0.25, 0.3) is 0 Å². The number of benzene rings is 2. The zero-order valence-electron chi connectivity index (χ0n) is 17.2. The standard InChI is InChI=1S/C22H24ClN3O4/c1-25-17-6-5-15(23)13-16(17)20(27)24-22(25)8-10-26(11-9-22)21(28)14-4-7-18(29-2)19(12-14)30-3/h4-7,12-13H,8-11H2,1-3H3,(H,24,27). The molecule has 30 heavy (non-hydrogen) atoms. The molecule has 4 rings (SSSR count). The highest BCUT2D eigenvalue weighted by Gasteiger charge is 2.45. The van der Waals surface area contributed by atoms with Crippen LogP contribution in [0, 0.1) is 0 Å². The zero-order valence-corrected chi connectivity index (χ0v) is 18.0. The Labute approximate surface area is 180 Å². The number of amides is 2. The minimum atomic E-state index is -0.522. The van der Waals surface area contributed by atoms with E-state index in [0.717, 1.165) is 5.69 Å². The van der Waals surface area contributed by atoms with Gasteiger partial charge in [-0.25, -0.2) is 0 Å². The van der Waals surface area contributed by atoms with Gasteiger partial charge in [-0.05, 0) is 36.4 Å². The van der Waals surface area contributed by atoms with Gasteiger partial charge in [-0.15, -0.1) is 0 Å². The number of rotatable bonds is 3. The molecule has 0 unspecified atom stereocenters. The van der Waals surface area contributed by atoms with Gasteiger partial charge in [0.2, 0.25) is 0 Å². The second kappa shape index (κ2) is 7.72. The minimum absolute atomic E-state index is 0.0669. The maximum absolute atomic E-state index is 13.0. The van der Waals surface area contributed by atoms with Crippen molar-refractivity contribution < 1.29 is 19.1 Å². The Morgan fingerprint density at radius 1 is 1.07 bits per heavy atom. The number of nitrogens with zero attached hydrogens (tertiary/aromatic N) is 2. The van der Waals surface area contributed by atoms with Crippen LogP contribution < -0.4 is 19.7 Å². The van der Waals surface area contributed by atoms with Gasteiger partial charge in [0.05, 0.1) is 25.5 Å². The number of likely N-dealkylation sites (tertiary alicyclic amines) is 1. The second-order valence-corrected chi connectivity index (χ2v) is 8.00. The highest BCUT2D eigenvalue weighted by Crippen LogP contribution is 2.37. The Morgan fingerprint density at radius 2 is 1.77 bits per heavy atom. The summed E-state index contributed by atoms with van der Waals surface area (Å²) in [7, 11) is 5.08. The molecule has 158 valence electrons. The summed E-state index contributed by atoms with van der Waals surface area (Å²) in [6.07, 6.45) is 1.24. The van der Waals surface area contributed by atoms with Crippen LogP contribution in [0.4, 0.5) is 5.69 Å². The third-order valence-corrected chi connectivity index (χ3v) is 6.30. The van der Waals surface area contributed by atoms with Gasteiger partial charge in [0.1, 0.15) is 5.66 Å². The van der Waals surface area contributed by atoms with Crippen molar-refractivity contribution >= 4 is 29.1 Å². The van der Waals surface area contributed by atoms with E-state index in [1.54, 1.807) is 44.6 Å². The van der Waals surface area contributed by atoms with Gasteiger partial charge in [0, 0.05) is 43.6 Å². The van der Waals surface area contributed by atoms with E-state index in [0.29, 0.717) is 53.6 Å². The number of hydrogen-bond acceptors (Lipinski definition) is 5. The fraction of sp³-hybridized carbons (Fsp3) is 0.364. The van der Waals surface area contributed by atoms with Gasteiger partial charge >= 0.3 is 0 Å². The fourth-order valence-electron chi connectivity index (χ4n) is 4.27. The number of fused-ring (bicyclic) bond motifs is 1. The van der Waals surface area contributed by atoms with Gasteiger partial charge in [-0.2, -0.15) is 0 Å². The number of methoxy groups -OCH3 is 2. The number of anilines is 1. The van der Waals surface area contributed by atoms with Gasteiger partial charge in [-0.1, -0.05) is 11.6 Å². The van der Waals surface area contributed by atoms with E-state index < -0.39 is 5.66 Å². The molecule has 2 aromatic rings. The lowest BCUT2D eigenvalue weighted by Crippen LogP contribution is -2.67. The number of halogens is 1. The van der Waals surface area contributed by atoms with Crippen LogP contribution >= 0.6 is 11.6 Å². The van der Waals surface area contributed by atoms with E-state index in [1.165, 1.54) is 0 Å². The molecule has 2 amide bonds. The number of ether oxygens (including phenoxy) is 2. The first-order valence-corrected chi connectivity index (χ1v) is 10.1. The SMILES string of the molecule is COc1ccc(C(=O)N2CCC3(CC2)NC(=O)c2cc(Cl)ccc2N3C)cc1OC. The van der Waals surface area contributed by atoms with Crippen LogP contribution in [0.1, 0.15) is 33.6 Å².